The Morgan fingerprint density at radius 3 is 2.87 bits per heavy atom. The molecule has 0 radical (unpaired) electrons. The maximum absolute atomic E-state index is 4.99. The van der Waals surface area contributed by atoms with Crippen LogP contribution >= 0.6 is 0 Å². The number of methoxy groups -OCH3 is 1. The molecule has 0 unspecified atom stereocenters. The normalized spacial score (nSPS) is 10.9. The highest BCUT2D eigenvalue weighted by Gasteiger charge is 2.00. The van der Waals surface area contributed by atoms with Crippen LogP contribution in [-0.2, 0) is 18.3 Å². The number of hydrogen-bond acceptors (Lipinski definition) is 3. The summed E-state index contributed by atoms with van der Waals surface area (Å²) in [6.07, 6.45) is 2.28. The molecule has 0 aromatic carbocycles. The van der Waals surface area contributed by atoms with Crippen LogP contribution in [0, 0.1) is 6.92 Å². The minimum atomic E-state index is 0.854. The molecule has 4 nitrogen and oxygen atoms in total. The number of nitrogens with zero attached hydrogens (tertiary/aromatic N) is 2. The van der Waals surface area contributed by atoms with Crippen molar-refractivity contribution in [3.8, 4) is 0 Å². The van der Waals surface area contributed by atoms with Gasteiger partial charge in [0.2, 0.25) is 0 Å². The van der Waals surface area contributed by atoms with Gasteiger partial charge in [-0.15, -0.1) is 0 Å². The summed E-state index contributed by atoms with van der Waals surface area (Å²) < 4.78 is 6.92. The van der Waals surface area contributed by atoms with Gasteiger partial charge in [-0.3, -0.25) is 4.68 Å². The van der Waals surface area contributed by atoms with Crippen molar-refractivity contribution in [1.82, 2.24) is 15.1 Å². The number of aryl methyl sites for hydroxylation is 2. The van der Waals surface area contributed by atoms with Crippen LogP contribution in [0.1, 0.15) is 24.2 Å². The summed E-state index contributed by atoms with van der Waals surface area (Å²) in [5, 5.41) is 7.69. The van der Waals surface area contributed by atoms with E-state index in [0.717, 1.165) is 38.2 Å². The van der Waals surface area contributed by atoms with E-state index in [2.05, 4.69) is 16.5 Å². The average Bonchev–Trinajstić information content (AvgIpc) is 2.51. The van der Waals surface area contributed by atoms with E-state index < -0.39 is 0 Å². The van der Waals surface area contributed by atoms with Gasteiger partial charge in [0.1, 0.15) is 0 Å². The van der Waals surface area contributed by atoms with Crippen LogP contribution in [0.5, 0.6) is 0 Å². The molecule has 0 aliphatic rings. The van der Waals surface area contributed by atoms with Crippen LogP contribution in [0.2, 0.25) is 0 Å². The van der Waals surface area contributed by atoms with Gasteiger partial charge in [-0.25, -0.2) is 0 Å². The van der Waals surface area contributed by atoms with Gasteiger partial charge in [0.25, 0.3) is 0 Å². The molecule has 0 amide bonds. The summed E-state index contributed by atoms with van der Waals surface area (Å²) in [4.78, 5) is 0. The summed E-state index contributed by atoms with van der Waals surface area (Å²) >= 11 is 0. The van der Waals surface area contributed by atoms with Crippen LogP contribution in [-0.4, -0.2) is 30.0 Å². The van der Waals surface area contributed by atoms with Crippen LogP contribution in [0.4, 0.5) is 0 Å². The molecule has 0 spiro atoms. The van der Waals surface area contributed by atoms with E-state index in [4.69, 9.17) is 4.74 Å². The number of unbranched alkanes of at least 4 members (excludes halogenated alkanes) is 1. The molecule has 0 aliphatic carbocycles. The van der Waals surface area contributed by atoms with E-state index >= 15 is 0 Å². The maximum Gasteiger partial charge on any atom is 0.0597 e. The Balaban J connectivity index is 2.12. The first-order chi connectivity index (χ1) is 7.24. The second kappa shape index (κ2) is 6.58. The third-order valence-corrected chi connectivity index (χ3v) is 2.36. The number of hydrogen-bond donors (Lipinski definition) is 1. The van der Waals surface area contributed by atoms with Gasteiger partial charge in [0.05, 0.1) is 11.4 Å². The lowest BCUT2D eigenvalue weighted by Crippen LogP contribution is -2.17. The van der Waals surface area contributed by atoms with E-state index in [1.54, 1.807) is 7.11 Å². The Morgan fingerprint density at radius 1 is 1.47 bits per heavy atom. The van der Waals surface area contributed by atoms with Crippen molar-refractivity contribution in [3.63, 3.8) is 0 Å². The summed E-state index contributed by atoms with van der Waals surface area (Å²) in [5.74, 6) is 0. The molecular weight excluding hydrogens is 190 g/mol. The zero-order valence-electron chi connectivity index (χ0n) is 9.92. The molecule has 4 heteroatoms. The van der Waals surface area contributed by atoms with Gasteiger partial charge in [-0.05, 0) is 32.4 Å². The van der Waals surface area contributed by atoms with Gasteiger partial charge in [-0.1, -0.05) is 0 Å². The number of ether oxygens (including phenoxy) is 1. The van der Waals surface area contributed by atoms with Crippen molar-refractivity contribution in [2.45, 2.75) is 26.3 Å². The van der Waals surface area contributed by atoms with Gasteiger partial charge in [0.15, 0.2) is 0 Å². The Labute approximate surface area is 91.6 Å². The van der Waals surface area contributed by atoms with Gasteiger partial charge >= 0.3 is 0 Å². The Hall–Kier alpha value is -0.870. The standard InChI is InChI=1S/C11H21N3O/c1-10-8-11(14(2)13-10)9-12-6-4-5-7-15-3/h8,12H,4-7,9H2,1-3H3. The second-order valence-electron chi connectivity index (χ2n) is 3.78. The van der Waals surface area contributed by atoms with Gasteiger partial charge in [-0.2, -0.15) is 5.10 Å². The second-order valence-corrected chi connectivity index (χ2v) is 3.78. The van der Waals surface area contributed by atoms with Crippen LogP contribution in [0.3, 0.4) is 0 Å². The van der Waals surface area contributed by atoms with Crippen molar-refractivity contribution < 1.29 is 4.74 Å². The molecule has 0 atom stereocenters. The maximum atomic E-state index is 4.99. The molecule has 0 saturated heterocycles. The molecule has 0 bridgehead atoms. The molecule has 0 fully saturated rings. The predicted octanol–water partition coefficient (Wildman–Crippen LogP) is 1.24. The Bertz CT molecular complexity index is 283. The summed E-state index contributed by atoms with van der Waals surface area (Å²) in [7, 11) is 3.72. The molecule has 0 aliphatic heterocycles. The molecule has 1 rings (SSSR count). The van der Waals surface area contributed by atoms with Gasteiger partial charge < -0.3 is 10.1 Å². The highest BCUT2D eigenvalue weighted by atomic mass is 16.5. The van der Waals surface area contributed by atoms with Crippen molar-refractivity contribution in [1.29, 1.82) is 0 Å². The summed E-state index contributed by atoms with van der Waals surface area (Å²) in [6, 6.07) is 2.11. The third-order valence-electron chi connectivity index (χ3n) is 2.36. The van der Waals surface area contributed by atoms with Gasteiger partial charge in [0, 0.05) is 27.3 Å². The van der Waals surface area contributed by atoms with E-state index in [9.17, 15) is 0 Å². The zero-order chi connectivity index (χ0) is 11.1. The molecule has 15 heavy (non-hydrogen) atoms. The third kappa shape index (κ3) is 4.44. The van der Waals surface area contributed by atoms with Crippen molar-refractivity contribution in [3.05, 3.63) is 17.5 Å². The first kappa shape index (κ1) is 12.2. The van der Waals surface area contributed by atoms with E-state index in [1.165, 1.54) is 5.69 Å². The number of nitrogens with one attached hydrogen (secondary N) is 1. The zero-order valence-corrected chi connectivity index (χ0v) is 9.92. The van der Waals surface area contributed by atoms with Crippen LogP contribution in [0.25, 0.3) is 0 Å². The molecule has 86 valence electrons. The SMILES string of the molecule is COCCCCNCc1cc(C)nn1C. The monoisotopic (exact) mass is 211 g/mol. The minimum absolute atomic E-state index is 0.854. The summed E-state index contributed by atoms with van der Waals surface area (Å²) in [5.41, 5.74) is 2.31. The summed E-state index contributed by atoms with van der Waals surface area (Å²) in [6.45, 7) is 4.80. The average molecular weight is 211 g/mol. The fraction of sp³-hybridized carbons (Fsp3) is 0.727. The van der Waals surface area contributed by atoms with E-state index in [0.29, 0.717) is 0 Å². The Morgan fingerprint density at radius 2 is 2.27 bits per heavy atom. The lowest BCUT2D eigenvalue weighted by molar-refractivity contribution is 0.192. The largest absolute Gasteiger partial charge is 0.385 e. The Kier molecular flexibility index (Phi) is 5.36. The lowest BCUT2D eigenvalue weighted by Gasteiger charge is -2.04. The van der Waals surface area contributed by atoms with Crippen molar-refractivity contribution in [2.24, 2.45) is 7.05 Å². The first-order valence-corrected chi connectivity index (χ1v) is 5.43. The van der Waals surface area contributed by atoms with Crippen LogP contribution in [0.15, 0.2) is 6.07 Å². The van der Waals surface area contributed by atoms with Crippen molar-refractivity contribution in [2.75, 3.05) is 20.3 Å². The molecule has 1 aromatic heterocycles. The fourth-order valence-corrected chi connectivity index (χ4v) is 1.54. The number of aromatic nitrogens is 2. The van der Waals surface area contributed by atoms with E-state index in [-0.39, 0.29) is 0 Å². The lowest BCUT2D eigenvalue weighted by atomic mass is 10.3. The number of rotatable bonds is 7. The molecule has 1 aromatic rings. The highest BCUT2D eigenvalue weighted by Crippen LogP contribution is 2.00. The van der Waals surface area contributed by atoms with E-state index in [1.807, 2.05) is 18.7 Å². The quantitative estimate of drug-likeness (QED) is 0.690. The smallest absolute Gasteiger partial charge is 0.0597 e. The molecule has 1 heterocycles. The molecular formula is C11H21N3O. The molecule has 1 N–H and O–H groups in total. The predicted molar refractivity (Wildman–Crippen MR) is 60.8 cm³/mol. The molecule has 0 saturated carbocycles. The van der Waals surface area contributed by atoms with Crippen molar-refractivity contribution >= 4 is 0 Å². The highest BCUT2D eigenvalue weighted by molar-refractivity contribution is 5.08. The first-order valence-electron chi connectivity index (χ1n) is 5.43. The minimum Gasteiger partial charge on any atom is -0.385 e. The van der Waals surface area contributed by atoms with Crippen LogP contribution < -0.4 is 5.32 Å². The fourth-order valence-electron chi connectivity index (χ4n) is 1.54. The topological polar surface area (TPSA) is 39.1 Å².